The molecule has 110 valence electrons. The minimum atomic E-state index is -1.33. The van der Waals surface area contributed by atoms with Gasteiger partial charge in [-0.05, 0) is 12.5 Å². The van der Waals surface area contributed by atoms with E-state index in [0.29, 0.717) is 12.1 Å². The van der Waals surface area contributed by atoms with Crippen molar-refractivity contribution in [3.05, 3.63) is 28.3 Å². The van der Waals surface area contributed by atoms with E-state index < -0.39 is 16.4 Å². The molecule has 0 radical (unpaired) electrons. The molecule has 0 spiro atoms. The Morgan fingerprint density at radius 2 is 2.33 bits per heavy atom. The van der Waals surface area contributed by atoms with Gasteiger partial charge in [0.2, 0.25) is 0 Å². The number of aliphatic carboxylic acids is 1. The van der Waals surface area contributed by atoms with E-state index in [2.05, 4.69) is 4.98 Å². The number of nitrogens with two attached hydrogens (primary N) is 1. The molecule has 1 aromatic heterocycles. The highest BCUT2D eigenvalue weighted by molar-refractivity contribution is 5.81. The van der Waals surface area contributed by atoms with Crippen molar-refractivity contribution in [2.45, 2.75) is 12.0 Å². The molecular formula is C12H12N4O5. The van der Waals surface area contributed by atoms with Crippen LogP contribution in [0.5, 0.6) is 0 Å². The molecule has 1 aliphatic heterocycles. The summed E-state index contributed by atoms with van der Waals surface area (Å²) in [5, 5.41) is 19.8. The van der Waals surface area contributed by atoms with Crippen LogP contribution in [0.15, 0.2) is 22.6 Å². The van der Waals surface area contributed by atoms with Gasteiger partial charge in [-0.1, -0.05) is 0 Å². The minimum Gasteiger partial charge on any atom is -0.480 e. The Balaban J connectivity index is 1.92. The van der Waals surface area contributed by atoms with Gasteiger partial charge in [0.25, 0.3) is 11.7 Å². The number of nitrogens with zero attached hydrogens (tertiary/aromatic N) is 3. The molecule has 0 aliphatic carbocycles. The van der Waals surface area contributed by atoms with E-state index in [-0.39, 0.29) is 30.3 Å². The fourth-order valence-electron chi connectivity index (χ4n) is 2.32. The lowest BCUT2D eigenvalue weighted by Gasteiger charge is -2.18. The van der Waals surface area contributed by atoms with E-state index in [4.69, 9.17) is 15.3 Å². The smallest absolute Gasteiger partial charge is 0.325 e. The molecule has 3 rings (SSSR count). The first kappa shape index (κ1) is 13.3. The van der Waals surface area contributed by atoms with Crippen LogP contribution in [-0.4, -0.2) is 39.6 Å². The van der Waals surface area contributed by atoms with Crippen molar-refractivity contribution in [1.82, 2.24) is 4.98 Å². The maximum atomic E-state index is 11.1. The van der Waals surface area contributed by atoms with Crippen molar-refractivity contribution >= 4 is 28.8 Å². The fraction of sp³-hybridized carbons (Fsp3) is 0.333. The Labute approximate surface area is 118 Å². The third-order valence-corrected chi connectivity index (χ3v) is 3.57. The van der Waals surface area contributed by atoms with Crippen LogP contribution in [0, 0.1) is 10.1 Å². The molecule has 1 unspecified atom stereocenters. The van der Waals surface area contributed by atoms with Crippen molar-refractivity contribution in [2.75, 3.05) is 18.0 Å². The molecule has 2 heterocycles. The lowest BCUT2D eigenvalue weighted by atomic mass is 10.0. The number of aromatic nitrogens is 1. The number of carbonyl (C=O) groups is 1. The summed E-state index contributed by atoms with van der Waals surface area (Å²) in [6.07, 6.45) is 0.279. The summed E-state index contributed by atoms with van der Waals surface area (Å²) >= 11 is 0. The highest BCUT2D eigenvalue weighted by Gasteiger charge is 2.42. The van der Waals surface area contributed by atoms with Gasteiger partial charge >= 0.3 is 5.97 Å². The quantitative estimate of drug-likeness (QED) is 0.624. The first-order valence-corrected chi connectivity index (χ1v) is 6.21. The van der Waals surface area contributed by atoms with E-state index in [1.807, 2.05) is 0 Å². The lowest BCUT2D eigenvalue weighted by Crippen LogP contribution is -2.50. The third-order valence-electron chi connectivity index (χ3n) is 3.57. The average molecular weight is 292 g/mol. The zero-order valence-electron chi connectivity index (χ0n) is 10.9. The van der Waals surface area contributed by atoms with Crippen LogP contribution in [0.25, 0.3) is 11.1 Å². The van der Waals surface area contributed by atoms with Crippen LogP contribution in [-0.2, 0) is 4.79 Å². The van der Waals surface area contributed by atoms with Crippen molar-refractivity contribution in [1.29, 1.82) is 0 Å². The summed E-state index contributed by atoms with van der Waals surface area (Å²) in [5.74, 6) is -1.07. The maximum absolute atomic E-state index is 11.1. The van der Waals surface area contributed by atoms with Crippen LogP contribution < -0.4 is 10.6 Å². The Bertz CT molecular complexity index is 742. The molecule has 9 nitrogen and oxygen atoms in total. The van der Waals surface area contributed by atoms with Crippen LogP contribution >= 0.6 is 0 Å². The number of rotatable bonds is 3. The summed E-state index contributed by atoms with van der Waals surface area (Å²) in [6, 6.07) is 4.33. The molecule has 3 N–H and O–H groups in total. The van der Waals surface area contributed by atoms with Gasteiger partial charge in [-0.25, -0.2) is 0 Å². The molecule has 9 heteroatoms. The Kier molecular flexibility index (Phi) is 2.80. The maximum Gasteiger partial charge on any atom is 0.325 e. The van der Waals surface area contributed by atoms with E-state index >= 15 is 0 Å². The van der Waals surface area contributed by atoms with Gasteiger partial charge in [0.15, 0.2) is 5.58 Å². The number of carboxylic acids is 1. The summed E-state index contributed by atoms with van der Waals surface area (Å²) in [4.78, 5) is 27.1. The standard InChI is InChI=1S/C12H12N4O5/c13-12(10(17)18)3-4-15(6-12)11-14-8-2-1-7(16(19)20)5-9(8)21-11/h1-2,5H,3-4,6,13H2,(H,17,18). The number of benzene rings is 1. The van der Waals surface area contributed by atoms with Gasteiger partial charge in [0, 0.05) is 12.6 Å². The second kappa shape index (κ2) is 4.42. The van der Waals surface area contributed by atoms with Gasteiger partial charge < -0.3 is 20.2 Å². The highest BCUT2D eigenvalue weighted by atomic mass is 16.6. The minimum absolute atomic E-state index is 0.0806. The topological polar surface area (TPSA) is 136 Å². The Morgan fingerprint density at radius 3 is 2.95 bits per heavy atom. The van der Waals surface area contributed by atoms with Gasteiger partial charge in [0.05, 0.1) is 17.5 Å². The zero-order valence-corrected chi connectivity index (χ0v) is 10.9. The molecule has 21 heavy (non-hydrogen) atoms. The van der Waals surface area contributed by atoms with Crippen LogP contribution in [0.3, 0.4) is 0 Å². The molecular weight excluding hydrogens is 280 g/mol. The SMILES string of the molecule is NC1(C(=O)O)CCN(c2nc3ccc([N+](=O)[O-])cc3o2)C1. The normalized spacial score (nSPS) is 21.9. The highest BCUT2D eigenvalue weighted by Crippen LogP contribution is 2.29. The monoisotopic (exact) mass is 292 g/mol. The molecule has 0 saturated carbocycles. The molecule has 2 aromatic rings. The van der Waals surface area contributed by atoms with Gasteiger partial charge in [0.1, 0.15) is 11.1 Å². The predicted octanol–water partition coefficient (Wildman–Crippen LogP) is 0.728. The van der Waals surface area contributed by atoms with Crippen LogP contribution in [0.4, 0.5) is 11.7 Å². The Morgan fingerprint density at radius 1 is 1.57 bits per heavy atom. The average Bonchev–Trinajstić information content (AvgIpc) is 3.01. The predicted molar refractivity (Wildman–Crippen MR) is 72.0 cm³/mol. The summed E-state index contributed by atoms with van der Waals surface area (Å²) in [6.45, 7) is 0.481. The van der Waals surface area contributed by atoms with Gasteiger partial charge in [-0.3, -0.25) is 14.9 Å². The number of hydrogen-bond acceptors (Lipinski definition) is 7. The van der Waals surface area contributed by atoms with Crippen molar-refractivity contribution in [2.24, 2.45) is 5.73 Å². The lowest BCUT2D eigenvalue weighted by molar-refractivity contribution is -0.384. The first-order valence-electron chi connectivity index (χ1n) is 6.21. The van der Waals surface area contributed by atoms with Crippen molar-refractivity contribution in [3.63, 3.8) is 0 Å². The molecule has 1 aliphatic rings. The molecule has 0 bridgehead atoms. The number of non-ortho nitro benzene ring substituents is 1. The molecule has 1 atom stereocenters. The molecule has 0 amide bonds. The Hall–Kier alpha value is -2.68. The van der Waals surface area contributed by atoms with Crippen molar-refractivity contribution in [3.8, 4) is 0 Å². The second-order valence-corrected chi connectivity index (χ2v) is 5.04. The largest absolute Gasteiger partial charge is 0.480 e. The molecule has 1 fully saturated rings. The number of carboxylic acid groups (broad SMARTS) is 1. The first-order chi connectivity index (χ1) is 9.89. The van der Waals surface area contributed by atoms with Crippen LogP contribution in [0.2, 0.25) is 0 Å². The number of nitro benzene ring substituents is 1. The van der Waals surface area contributed by atoms with Gasteiger partial charge in [-0.2, -0.15) is 4.98 Å². The number of oxazole rings is 1. The third kappa shape index (κ3) is 2.17. The summed E-state index contributed by atoms with van der Waals surface area (Å²) in [7, 11) is 0. The van der Waals surface area contributed by atoms with Crippen LogP contribution in [0.1, 0.15) is 6.42 Å². The summed E-state index contributed by atoms with van der Waals surface area (Å²) in [5.41, 5.74) is 5.12. The van der Waals surface area contributed by atoms with E-state index in [9.17, 15) is 14.9 Å². The van der Waals surface area contributed by atoms with Crippen molar-refractivity contribution < 1.29 is 19.2 Å². The zero-order chi connectivity index (χ0) is 15.2. The van der Waals surface area contributed by atoms with E-state index in [1.165, 1.54) is 18.2 Å². The van der Waals surface area contributed by atoms with E-state index in [1.54, 1.807) is 4.90 Å². The molecule has 1 aromatic carbocycles. The van der Waals surface area contributed by atoms with Gasteiger partial charge in [-0.15, -0.1) is 0 Å². The number of nitro groups is 1. The number of hydrogen-bond donors (Lipinski definition) is 2. The number of fused-ring (bicyclic) bond motifs is 1. The summed E-state index contributed by atoms with van der Waals surface area (Å²) < 4.78 is 5.48. The molecule has 1 saturated heterocycles. The van der Waals surface area contributed by atoms with E-state index in [0.717, 1.165) is 0 Å². The number of anilines is 1. The second-order valence-electron chi connectivity index (χ2n) is 5.04. The fourth-order valence-corrected chi connectivity index (χ4v) is 2.32.